The summed E-state index contributed by atoms with van der Waals surface area (Å²) in [6, 6.07) is 9.15. The molecule has 1 aliphatic heterocycles. The van der Waals surface area contributed by atoms with Crippen molar-refractivity contribution in [1.29, 1.82) is 0 Å². The number of aliphatic hydroxyl groups is 1. The maximum absolute atomic E-state index is 15.3. The van der Waals surface area contributed by atoms with Gasteiger partial charge in [-0.25, -0.2) is 23.5 Å². The van der Waals surface area contributed by atoms with E-state index < -0.39 is 47.5 Å². The Labute approximate surface area is 256 Å². The van der Waals surface area contributed by atoms with Crippen molar-refractivity contribution in [2.45, 2.75) is 19.4 Å². The molecular weight excluding hydrogens is 592 g/mol. The number of nitrogens with zero attached hydrogens (tertiary/aromatic N) is 4. The average molecular weight is 624 g/mol. The van der Waals surface area contributed by atoms with E-state index in [1.165, 1.54) is 30.5 Å². The number of halogens is 2. The summed E-state index contributed by atoms with van der Waals surface area (Å²) in [4.78, 5) is 45.7. The van der Waals surface area contributed by atoms with Crippen LogP contribution in [0.15, 0.2) is 54.7 Å². The molecule has 1 aliphatic rings. The molecule has 13 nitrogen and oxygen atoms in total. The third-order valence-corrected chi connectivity index (χ3v) is 6.96. The summed E-state index contributed by atoms with van der Waals surface area (Å²) in [6.45, 7) is 3.35. The molecular formula is C30H31F2N7O6. The van der Waals surface area contributed by atoms with Crippen molar-refractivity contribution in [3.8, 4) is 11.5 Å². The SMILES string of the molecule is COCC(C)(C)Nc1n[nH]c2nccc(Oc3ccc(NC(=O)C4CN(CCO)C(=O)N(c5ccc(F)cc5)C4=O)cc3F)c12. The molecule has 4 amide bonds. The topological polar surface area (TPSA) is 162 Å². The van der Waals surface area contributed by atoms with Crippen LogP contribution in [0.5, 0.6) is 11.5 Å². The van der Waals surface area contributed by atoms with Gasteiger partial charge in [0, 0.05) is 44.2 Å². The van der Waals surface area contributed by atoms with Gasteiger partial charge in [-0.2, -0.15) is 5.10 Å². The molecule has 5 rings (SSSR count). The van der Waals surface area contributed by atoms with Gasteiger partial charge < -0.3 is 30.1 Å². The van der Waals surface area contributed by atoms with Gasteiger partial charge in [-0.3, -0.25) is 14.7 Å². The van der Waals surface area contributed by atoms with Crippen LogP contribution in [0.1, 0.15) is 13.8 Å². The number of hydrogen-bond donors (Lipinski definition) is 4. The molecule has 1 saturated heterocycles. The first-order valence-electron chi connectivity index (χ1n) is 13.9. The van der Waals surface area contributed by atoms with Gasteiger partial charge in [0.05, 0.1) is 24.4 Å². The number of ether oxygens (including phenoxy) is 2. The number of nitrogens with one attached hydrogen (secondary N) is 3. The number of β-amino-alcohol motifs (C(OH)–C–C–N with tert-alkyl or cyclic N) is 1. The molecule has 1 unspecified atom stereocenters. The van der Waals surface area contributed by atoms with Gasteiger partial charge in [-0.15, -0.1) is 0 Å². The van der Waals surface area contributed by atoms with Crippen molar-refractivity contribution in [1.82, 2.24) is 20.1 Å². The molecule has 0 radical (unpaired) electrons. The Hall–Kier alpha value is -5.15. The lowest BCUT2D eigenvalue weighted by Gasteiger charge is -2.37. The van der Waals surface area contributed by atoms with Gasteiger partial charge in [0.1, 0.15) is 22.9 Å². The van der Waals surface area contributed by atoms with Crippen molar-refractivity contribution < 1.29 is 37.7 Å². The Balaban J connectivity index is 1.35. The summed E-state index contributed by atoms with van der Waals surface area (Å²) < 4.78 is 39.9. The summed E-state index contributed by atoms with van der Waals surface area (Å²) in [5.41, 5.74) is 0.00661. The number of pyridine rings is 1. The maximum Gasteiger partial charge on any atom is 0.331 e. The number of H-pyrrole nitrogens is 1. The van der Waals surface area contributed by atoms with E-state index in [0.717, 1.165) is 28.0 Å². The minimum atomic E-state index is -1.39. The van der Waals surface area contributed by atoms with Crippen molar-refractivity contribution in [2.24, 2.45) is 5.92 Å². The number of imide groups is 1. The highest BCUT2D eigenvalue weighted by atomic mass is 19.1. The van der Waals surface area contributed by atoms with E-state index >= 15 is 4.39 Å². The van der Waals surface area contributed by atoms with Gasteiger partial charge in [-0.1, -0.05) is 0 Å². The van der Waals surface area contributed by atoms with Crippen LogP contribution in [0.4, 0.5) is 30.8 Å². The molecule has 4 N–H and O–H groups in total. The van der Waals surface area contributed by atoms with Crippen LogP contribution in [-0.2, 0) is 14.3 Å². The lowest BCUT2D eigenvalue weighted by molar-refractivity contribution is -0.132. The van der Waals surface area contributed by atoms with Crippen LogP contribution in [0.3, 0.4) is 0 Å². The van der Waals surface area contributed by atoms with E-state index in [1.807, 2.05) is 13.8 Å². The largest absolute Gasteiger partial charge is 0.453 e. The van der Waals surface area contributed by atoms with Crippen molar-refractivity contribution in [3.05, 3.63) is 66.4 Å². The third-order valence-electron chi connectivity index (χ3n) is 6.96. The van der Waals surface area contributed by atoms with E-state index in [4.69, 9.17) is 9.47 Å². The number of urea groups is 1. The quantitative estimate of drug-likeness (QED) is 0.182. The molecule has 0 aliphatic carbocycles. The Bertz CT molecular complexity index is 1730. The minimum absolute atomic E-state index is 0.0310. The maximum atomic E-state index is 15.3. The van der Waals surface area contributed by atoms with Crippen molar-refractivity contribution in [2.75, 3.05) is 48.9 Å². The second-order valence-corrected chi connectivity index (χ2v) is 10.9. The lowest BCUT2D eigenvalue weighted by atomic mass is 10.0. The molecule has 4 aromatic rings. The van der Waals surface area contributed by atoms with Crippen molar-refractivity contribution in [3.63, 3.8) is 0 Å². The molecule has 1 fully saturated rings. The second-order valence-electron chi connectivity index (χ2n) is 10.9. The van der Waals surface area contributed by atoms with Gasteiger partial charge in [0.25, 0.3) is 0 Å². The van der Waals surface area contributed by atoms with Gasteiger partial charge >= 0.3 is 6.03 Å². The third kappa shape index (κ3) is 6.68. The first kappa shape index (κ1) is 31.3. The van der Waals surface area contributed by atoms with Gasteiger partial charge in [-0.05, 0) is 50.2 Å². The van der Waals surface area contributed by atoms with Crippen LogP contribution in [-0.4, -0.2) is 82.0 Å². The zero-order chi connectivity index (χ0) is 32.3. The van der Waals surface area contributed by atoms with E-state index in [1.54, 1.807) is 13.2 Å². The number of amides is 4. The van der Waals surface area contributed by atoms with Gasteiger partial charge in [0.15, 0.2) is 23.0 Å². The Morgan fingerprint density at radius 2 is 1.89 bits per heavy atom. The summed E-state index contributed by atoms with van der Waals surface area (Å²) in [6.07, 6.45) is 1.48. The zero-order valence-corrected chi connectivity index (χ0v) is 24.6. The number of carbonyl (C=O) groups is 3. The normalized spacial score (nSPS) is 15.5. The lowest BCUT2D eigenvalue weighted by Crippen LogP contribution is -2.60. The summed E-state index contributed by atoms with van der Waals surface area (Å²) in [5.74, 6) is -3.89. The van der Waals surface area contributed by atoms with E-state index in [9.17, 15) is 23.9 Å². The number of methoxy groups -OCH3 is 1. The smallest absolute Gasteiger partial charge is 0.331 e. The van der Waals surface area contributed by atoms with E-state index in [-0.39, 0.29) is 36.0 Å². The highest BCUT2D eigenvalue weighted by molar-refractivity contribution is 6.23. The number of aromatic amines is 1. The molecule has 2 aromatic heterocycles. The number of aromatic nitrogens is 3. The molecule has 45 heavy (non-hydrogen) atoms. The number of rotatable bonds is 11. The first-order valence-corrected chi connectivity index (χ1v) is 13.9. The molecule has 15 heteroatoms. The van der Waals surface area contributed by atoms with Crippen LogP contribution in [0.2, 0.25) is 0 Å². The number of hydrogen-bond acceptors (Lipinski definition) is 9. The van der Waals surface area contributed by atoms with Gasteiger partial charge in [0.2, 0.25) is 11.8 Å². The molecule has 0 spiro atoms. The summed E-state index contributed by atoms with van der Waals surface area (Å²) in [5, 5.41) is 22.8. The van der Waals surface area contributed by atoms with Crippen LogP contribution < -0.4 is 20.3 Å². The van der Waals surface area contributed by atoms with E-state index in [0.29, 0.717) is 23.5 Å². The number of anilines is 3. The Morgan fingerprint density at radius 1 is 1.13 bits per heavy atom. The fraction of sp³-hybridized carbons (Fsp3) is 0.300. The molecule has 236 valence electrons. The predicted octanol–water partition coefficient (Wildman–Crippen LogP) is 3.88. The second kappa shape index (κ2) is 12.8. The average Bonchev–Trinajstić information content (AvgIpc) is 3.39. The summed E-state index contributed by atoms with van der Waals surface area (Å²) in [7, 11) is 1.58. The molecule has 0 bridgehead atoms. The fourth-order valence-corrected chi connectivity index (χ4v) is 4.92. The van der Waals surface area contributed by atoms with Crippen LogP contribution in [0.25, 0.3) is 11.0 Å². The van der Waals surface area contributed by atoms with Crippen LogP contribution in [0, 0.1) is 17.6 Å². The zero-order valence-electron chi connectivity index (χ0n) is 24.6. The molecule has 0 saturated carbocycles. The number of aliphatic hydroxyl groups excluding tert-OH is 1. The first-order chi connectivity index (χ1) is 21.5. The fourth-order valence-electron chi connectivity index (χ4n) is 4.92. The van der Waals surface area contributed by atoms with Crippen LogP contribution >= 0.6 is 0 Å². The molecule has 3 heterocycles. The minimum Gasteiger partial charge on any atom is -0.453 e. The highest BCUT2D eigenvalue weighted by Gasteiger charge is 2.43. The standard InChI is InChI=1S/C30H31F2N7O6/c1-30(2,16-44-3)35-26-24-23(10-11-33-25(24)36-37-26)45-22-9-6-18(14-21(22)32)34-27(41)20-15-38(12-13-40)29(43)39(28(20)42)19-7-4-17(31)5-8-19/h4-11,14,20,40H,12-13,15-16H2,1-3H3,(H,34,41)(H2,33,35,36,37). The van der Waals surface area contributed by atoms with Crippen molar-refractivity contribution >= 4 is 46.1 Å². The highest BCUT2D eigenvalue weighted by Crippen LogP contribution is 2.35. The Kier molecular flexibility index (Phi) is 8.92. The monoisotopic (exact) mass is 623 g/mol. The predicted molar refractivity (Wildman–Crippen MR) is 160 cm³/mol. The number of fused-ring (bicyclic) bond motifs is 1. The Morgan fingerprint density at radius 3 is 2.58 bits per heavy atom. The molecule has 1 atom stereocenters. The molecule has 2 aromatic carbocycles. The number of carbonyl (C=O) groups excluding carboxylic acids is 3. The summed E-state index contributed by atoms with van der Waals surface area (Å²) >= 11 is 0. The number of benzene rings is 2. The van der Waals surface area contributed by atoms with E-state index in [2.05, 4.69) is 25.8 Å².